The van der Waals surface area contributed by atoms with Crippen LogP contribution in [0.3, 0.4) is 0 Å². The third kappa shape index (κ3) is 4.69. The number of carbonyl (C=O) groups excluding carboxylic acids is 1. The minimum absolute atomic E-state index is 0.0725. The van der Waals surface area contributed by atoms with Crippen LogP contribution in [-0.2, 0) is 4.79 Å². The van der Waals surface area contributed by atoms with Crippen LogP contribution in [-0.4, -0.2) is 31.6 Å². The Hall–Kier alpha value is -1.26. The quantitative estimate of drug-likeness (QED) is 0.876. The van der Waals surface area contributed by atoms with Gasteiger partial charge < -0.3 is 15.4 Å². The van der Waals surface area contributed by atoms with Crippen molar-refractivity contribution in [2.45, 2.75) is 25.9 Å². The van der Waals surface area contributed by atoms with Crippen LogP contribution in [0.4, 0.5) is 0 Å². The summed E-state index contributed by atoms with van der Waals surface area (Å²) in [5.41, 5.74) is 0. The van der Waals surface area contributed by atoms with Crippen molar-refractivity contribution in [2.75, 3.05) is 19.6 Å². The summed E-state index contributed by atoms with van der Waals surface area (Å²) in [5.74, 6) is 0.964. The number of hydrogen-bond donors (Lipinski definition) is 2. The lowest BCUT2D eigenvalue weighted by atomic mass is 9.99. The zero-order chi connectivity index (χ0) is 14.4. The molecule has 5 heteroatoms. The molecule has 0 radical (unpaired) electrons. The molecular formula is C15H21ClN2O2. The maximum absolute atomic E-state index is 12.0. The van der Waals surface area contributed by atoms with Crippen molar-refractivity contribution in [1.82, 2.24) is 10.6 Å². The second-order valence-electron chi connectivity index (χ2n) is 5.17. The number of carbonyl (C=O) groups is 1. The van der Waals surface area contributed by atoms with Gasteiger partial charge >= 0.3 is 0 Å². The molecule has 0 saturated carbocycles. The molecule has 4 nitrogen and oxygen atoms in total. The molecule has 20 heavy (non-hydrogen) atoms. The van der Waals surface area contributed by atoms with E-state index in [-0.39, 0.29) is 17.9 Å². The van der Waals surface area contributed by atoms with Gasteiger partial charge in [0.2, 0.25) is 5.91 Å². The standard InChI is InChI=1S/C15H21ClN2O2/c1-11(20-14-6-4-13(16)5-7-14)9-18-15(19)12-3-2-8-17-10-12/h4-7,11-12,17H,2-3,8-10H2,1H3,(H,18,19). The van der Waals surface area contributed by atoms with Gasteiger partial charge in [0.15, 0.2) is 0 Å². The molecule has 1 heterocycles. The molecule has 1 aromatic carbocycles. The van der Waals surface area contributed by atoms with Crippen LogP contribution in [0.5, 0.6) is 5.75 Å². The smallest absolute Gasteiger partial charge is 0.224 e. The summed E-state index contributed by atoms with van der Waals surface area (Å²) in [6, 6.07) is 7.23. The van der Waals surface area contributed by atoms with Crippen LogP contribution in [0.2, 0.25) is 5.02 Å². The Morgan fingerprint density at radius 2 is 2.25 bits per heavy atom. The number of rotatable bonds is 5. The lowest BCUT2D eigenvalue weighted by Gasteiger charge is -2.23. The van der Waals surface area contributed by atoms with Crippen LogP contribution in [0.1, 0.15) is 19.8 Å². The molecule has 1 fully saturated rings. The molecule has 2 N–H and O–H groups in total. The first-order valence-corrected chi connectivity index (χ1v) is 7.43. The van der Waals surface area contributed by atoms with Crippen molar-refractivity contribution in [3.05, 3.63) is 29.3 Å². The van der Waals surface area contributed by atoms with Crippen molar-refractivity contribution in [3.63, 3.8) is 0 Å². The number of ether oxygens (including phenoxy) is 1. The number of hydrogen-bond acceptors (Lipinski definition) is 3. The second kappa shape index (κ2) is 7.50. The van der Waals surface area contributed by atoms with E-state index in [1.807, 2.05) is 19.1 Å². The highest BCUT2D eigenvalue weighted by Crippen LogP contribution is 2.16. The summed E-state index contributed by atoms with van der Waals surface area (Å²) in [6.07, 6.45) is 1.96. The fourth-order valence-corrected chi connectivity index (χ4v) is 2.38. The third-order valence-electron chi connectivity index (χ3n) is 3.38. The van der Waals surface area contributed by atoms with Crippen LogP contribution < -0.4 is 15.4 Å². The van der Waals surface area contributed by atoms with Gasteiger partial charge in [-0.05, 0) is 50.6 Å². The van der Waals surface area contributed by atoms with Gasteiger partial charge in [0, 0.05) is 11.6 Å². The topological polar surface area (TPSA) is 50.4 Å². The Morgan fingerprint density at radius 1 is 1.50 bits per heavy atom. The van der Waals surface area contributed by atoms with Crippen LogP contribution in [0, 0.1) is 5.92 Å². The average Bonchev–Trinajstić information content (AvgIpc) is 2.48. The highest BCUT2D eigenvalue weighted by atomic mass is 35.5. The number of halogens is 1. The maximum Gasteiger partial charge on any atom is 0.224 e. The number of nitrogens with one attached hydrogen (secondary N) is 2. The fourth-order valence-electron chi connectivity index (χ4n) is 2.25. The molecule has 1 amide bonds. The third-order valence-corrected chi connectivity index (χ3v) is 3.63. The van der Waals surface area contributed by atoms with E-state index in [2.05, 4.69) is 10.6 Å². The van der Waals surface area contributed by atoms with Gasteiger partial charge in [-0.15, -0.1) is 0 Å². The predicted octanol–water partition coefficient (Wildman–Crippen LogP) is 2.22. The van der Waals surface area contributed by atoms with E-state index in [1.165, 1.54) is 0 Å². The molecule has 1 aliphatic rings. The summed E-state index contributed by atoms with van der Waals surface area (Å²) in [5, 5.41) is 6.88. The Bertz CT molecular complexity index is 430. The molecule has 110 valence electrons. The summed E-state index contributed by atoms with van der Waals surface area (Å²) >= 11 is 5.82. The molecule has 1 aliphatic heterocycles. The molecule has 2 atom stereocenters. The van der Waals surface area contributed by atoms with Crippen molar-refractivity contribution >= 4 is 17.5 Å². The van der Waals surface area contributed by atoms with Crippen molar-refractivity contribution < 1.29 is 9.53 Å². The SMILES string of the molecule is CC(CNC(=O)C1CCCNC1)Oc1ccc(Cl)cc1. The van der Waals surface area contributed by atoms with Gasteiger partial charge in [-0.3, -0.25) is 4.79 Å². The van der Waals surface area contributed by atoms with Gasteiger partial charge in [-0.1, -0.05) is 11.6 Å². The first kappa shape index (κ1) is 15.1. The van der Waals surface area contributed by atoms with E-state index in [0.29, 0.717) is 11.6 Å². The van der Waals surface area contributed by atoms with Gasteiger partial charge in [0.05, 0.1) is 12.5 Å². The van der Waals surface area contributed by atoms with Gasteiger partial charge in [-0.25, -0.2) is 0 Å². The zero-order valence-corrected chi connectivity index (χ0v) is 12.5. The molecule has 0 bridgehead atoms. The molecule has 0 spiro atoms. The molecule has 2 unspecified atom stereocenters. The van der Waals surface area contributed by atoms with E-state index in [0.717, 1.165) is 31.7 Å². The van der Waals surface area contributed by atoms with Crippen molar-refractivity contribution in [3.8, 4) is 5.75 Å². The summed E-state index contributed by atoms with van der Waals surface area (Å²) in [4.78, 5) is 12.0. The molecule has 2 rings (SSSR count). The van der Waals surface area contributed by atoms with E-state index in [4.69, 9.17) is 16.3 Å². The second-order valence-corrected chi connectivity index (χ2v) is 5.61. The average molecular weight is 297 g/mol. The Balaban J connectivity index is 1.72. The number of amides is 1. The Morgan fingerprint density at radius 3 is 2.90 bits per heavy atom. The van der Waals surface area contributed by atoms with E-state index in [9.17, 15) is 4.79 Å². The first-order valence-electron chi connectivity index (χ1n) is 7.06. The lowest BCUT2D eigenvalue weighted by molar-refractivity contribution is -0.125. The van der Waals surface area contributed by atoms with Crippen molar-refractivity contribution in [2.24, 2.45) is 5.92 Å². The van der Waals surface area contributed by atoms with E-state index < -0.39 is 0 Å². The maximum atomic E-state index is 12.0. The molecule has 1 saturated heterocycles. The number of piperidine rings is 1. The minimum Gasteiger partial charge on any atom is -0.489 e. The fraction of sp³-hybridized carbons (Fsp3) is 0.533. The first-order chi connectivity index (χ1) is 9.65. The monoisotopic (exact) mass is 296 g/mol. The Labute approximate surface area is 124 Å². The van der Waals surface area contributed by atoms with E-state index >= 15 is 0 Å². The normalized spacial score (nSPS) is 20.2. The van der Waals surface area contributed by atoms with Crippen LogP contribution in [0.25, 0.3) is 0 Å². The molecular weight excluding hydrogens is 276 g/mol. The number of benzene rings is 1. The predicted molar refractivity (Wildman–Crippen MR) is 80.1 cm³/mol. The molecule has 1 aromatic rings. The largest absolute Gasteiger partial charge is 0.489 e. The van der Waals surface area contributed by atoms with E-state index in [1.54, 1.807) is 12.1 Å². The minimum atomic E-state index is -0.0725. The highest BCUT2D eigenvalue weighted by molar-refractivity contribution is 6.30. The van der Waals surface area contributed by atoms with Crippen molar-refractivity contribution in [1.29, 1.82) is 0 Å². The Kier molecular flexibility index (Phi) is 5.68. The summed E-state index contributed by atoms with van der Waals surface area (Å²) in [7, 11) is 0. The van der Waals surface area contributed by atoms with Crippen LogP contribution >= 0.6 is 11.6 Å². The summed E-state index contributed by atoms with van der Waals surface area (Å²) < 4.78 is 5.72. The van der Waals surface area contributed by atoms with Gasteiger partial charge in [0.1, 0.15) is 11.9 Å². The van der Waals surface area contributed by atoms with Crippen LogP contribution in [0.15, 0.2) is 24.3 Å². The zero-order valence-electron chi connectivity index (χ0n) is 11.7. The lowest BCUT2D eigenvalue weighted by Crippen LogP contribution is -2.43. The van der Waals surface area contributed by atoms with Gasteiger partial charge in [-0.2, -0.15) is 0 Å². The molecule has 0 aliphatic carbocycles. The van der Waals surface area contributed by atoms with Gasteiger partial charge in [0.25, 0.3) is 0 Å². The summed E-state index contributed by atoms with van der Waals surface area (Å²) in [6.45, 7) is 4.24. The molecule has 0 aromatic heterocycles. The highest BCUT2D eigenvalue weighted by Gasteiger charge is 2.21.